The van der Waals surface area contributed by atoms with Gasteiger partial charge in [0, 0.05) is 24.8 Å². The van der Waals surface area contributed by atoms with E-state index in [9.17, 15) is 14.7 Å². The van der Waals surface area contributed by atoms with E-state index in [2.05, 4.69) is 48.4 Å². The average Bonchev–Trinajstić information content (AvgIpc) is 2.88. The number of carbonyl (C=O) groups is 2. The summed E-state index contributed by atoms with van der Waals surface area (Å²) in [5, 5.41) is 12.8. The van der Waals surface area contributed by atoms with Gasteiger partial charge >= 0.3 is 5.97 Å². The first-order valence-corrected chi connectivity index (χ1v) is 12.2. The van der Waals surface area contributed by atoms with Gasteiger partial charge in [0.2, 0.25) is 0 Å². The van der Waals surface area contributed by atoms with Crippen LogP contribution in [0.2, 0.25) is 0 Å². The van der Waals surface area contributed by atoms with Crippen LogP contribution in [0.5, 0.6) is 11.5 Å². The first-order chi connectivity index (χ1) is 17.2. The topological polar surface area (TPSA) is 116 Å². The molecule has 1 saturated heterocycles. The van der Waals surface area contributed by atoms with Crippen LogP contribution in [-0.4, -0.2) is 67.1 Å². The number of amides is 1. The number of hydrogen-bond donors (Lipinski definition) is 2. The SMILES string of the molecule is COc1ccnc(C(=O)NC2COCC(Cc3ccc(C)cc3)C(OCC(C)C)C(C)OC2=O)c1O. The predicted octanol–water partition coefficient (Wildman–Crippen LogP) is 3.06. The van der Waals surface area contributed by atoms with E-state index in [1.54, 1.807) is 6.92 Å². The maximum atomic E-state index is 13.0. The Labute approximate surface area is 212 Å². The van der Waals surface area contributed by atoms with Crippen molar-refractivity contribution >= 4 is 11.9 Å². The molecule has 4 unspecified atom stereocenters. The molecule has 1 fully saturated rings. The number of ether oxygens (including phenoxy) is 4. The Bertz CT molecular complexity index is 1030. The molecule has 196 valence electrons. The molecule has 0 bridgehead atoms. The summed E-state index contributed by atoms with van der Waals surface area (Å²) in [6.07, 6.45) is 1.05. The third-order valence-corrected chi connectivity index (χ3v) is 6.00. The molecule has 3 rings (SSSR count). The Morgan fingerprint density at radius 3 is 2.61 bits per heavy atom. The average molecular weight is 501 g/mol. The van der Waals surface area contributed by atoms with E-state index >= 15 is 0 Å². The number of pyridine rings is 1. The summed E-state index contributed by atoms with van der Waals surface area (Å²) in [5.74, 6) is -1.48. The smallest absolute Gasteiger partial charge is 0.331 e. The standard InChI is InChI=1S/C27H36N2O7/c1-16(2)13-35-25-18(4)36-27(32)21(29-26(31)23-24(30)22(33-5)10-11-28-23)15-34-14-20(25)12-19-8-6-17(3)7-9-19/h6-11,16,18,20-21,25,30H,12-15H2,1-5H3,(H,29,31). The molecule has 2 aromatic rings. The zero-order valence-corrected chi connectivity index (χ0v) is 21.5. The lowest BCUT2D eigenvalue weighted by Gasteiger charge is -2.31. The second-order valence-electron chi connectivity index (χ2n) is 9.56. The first-order valence-electron chi connectivity index (χ1n) is 12.2. The minimum Gasteiger partial charge on any atom is -0.503 e. The zero-order chi connectivity index (χ0) is 26.2. The van der Waals surface area contributed by atoms with Crippen molar-refractivity contribution in [2.75, 3.05) is 26.9 Å². The minimum atomic E-state index is -1.09. The van der Waals surface area contributed by atoms with Crippen LogP contribution in [-0.2, 0) is 25.4 Å². The number of benzene rings is 1. The summed E-state index contributed by atoms with van der Waals surface area (Å²) in [7, 11) is 1.37. The molecule has 2 N–H and O–H groups in total. The highest BCUT2D eigenvalue weighted by molar-refractivity contribution is 5.98. The summed E-state index contributed by atoms with van der Waals surface area (Å²) < 4.78 is 23.0. The van der Waals surface area contributed by atoms with E-state index in [0.29, 0.717) is 25.6 Å². The van der Waals surface area contributed by atoms with E-state index in [4.69, 9.17) is 18.9 Å². The van der Waals surface area contributed by atoms with E-state index < -0.39 is 35.9 Å². The van der Waals surface area contributed by atoms with Gasteiger partial charge < -0.3 is 29.4 Å². The number of cyclic esters (lactones) is 1. The van der Waals surface area contributed by atoms with E-state index in [1.807, 2.05) is 6.92 Å². The van der Waals surface area contributed by atoms with Crippen molar-refractivity contribution in [2.24, 2.45) is 11.8 Å². The Morgan fingerprint density at radius 2 is 1.94 bits per heavy atom. The van der Waals surface area contributed by atoms with Gasteiger partial charge in [0.05, 0.1) is 26.4 Å². The number of aromatic nitrogens is 1. The third kappa shape index (κ3) is 7.18. The monoisotopic (exact) mass is 500 g/mol. The molecule has 2 heterocycles. The highest BCUT2D eigenvalue weighted by Crippen LogP contribution is 2.28. The number of carbonyl (C=O) groups excluding carboxylic acids is 2. The zero-order valence-electron chi connectivity index (χ0n) is 21.5. The van der Waals surface area contributed by atoms with Crippen LogP contribution in [0.15, 0.2) is 36.5 Å². The van der Waals surface area contributed by atoms with Crippen LogP contribution < -0.4 is 10.1 Å². The van der Waals surface area contributed by atoms with Crippen LogP contribution in [0.25, 0.3) is 0 Å². The normalized spacial score (nSPS) is 22.8. The molecule has 1 aliphatic heterocycles. The van der Waals surface area contributed by atoms with Crippen LogP contribution in [0.3, 0.4) is 0 Å². The molecule has 36 heavy (non-hydrogen) atoms. The molecule has 0 spiro atoms. The maximum Gasteiger partial charge on any atom is 0.331 e. The number of aryl methyl sites for hydroxylation is 1. The molecule has 1 amide bonds. The summed E-state index contributed by atoms with van der Waals surface area (Å²) in [5.41, 5.74) is 2.05. The number of methoxy groups -OCH3 is 1. The van der Waals surface area contributed by atoms with Gasteiger partial charge in [0.15, 0.2) is 23.2 Å². The third-order valence-electron chi connectivity index (χ3n) is 6.00. The van der Waals surface area contributed by atoms with Crippen LogP contribution in [0.4, 0.5) is 0 Å². The molecular formula is C27H36N2O7. The fourth-order valence-electron chi connectivity index (χ4n) is 4.09. The Balaban J connectivity index is 1.78. The van der Waals surface area contributed by atoms with Crippen molar-refractivity contribution in [3.63, 3.8) is 0 Å². The van der Waals surface area contributed by atoms with Gasteiger partial charge in [0.25, 0.3) is 5.91 Å². The molecule has 4 atom stereocenters. The van der Waals surface area contributed by atoms with Crippen LogP contribution in [0, 0.1) is 18.8 Å². The van der Waals surface area contributed by atoms with Crippen molar-refractivity contribution in [1.29, 1.82) is 0 Å². The number of aromatic hydroxyl groups is 1. The van der Waals surface area contributed by atoms with Gasteiger partial charge in [-0.05, 0) is 31.7 Å². The Morgan fingerprint density at radius 1 is 1.22 bits per heavy atom. The number of nitrogens with zero attached hydrogens (tertiary/aromatic N) is 1. The summed E-state index contributed by atoms with van der Waals surface area (Å²) in [4.78, 5) is 29.7. The highest BCUT2D eigenvalue weighted by Gasteiger charge is 2.36. The van der Waals surface area contributed by atoms with Crippen LogP contribution in [0.1, 0.15) is 42.4 Å². The van der Waals surface area contributed by atoms with Crippen LogP contribution >= 0.6 is 0 Å². The summed E-state index contributed by atoms with van der Waals surface area (Å²) in [6.45, 7) is 8.69. The van der Waals surface area contributed by atoms with Crippen molar-refractivity contribution in [1.82, 2.24) is 10.3 Å². The fraction of sp³-hybridized carbons (Fsp3) is 0.519. The van der Waals surface area contributed by atoms with Gasteiger partial charge in [-0.25, -0.2) is 9.78 Å². The maximum absolute atomic E-state index is 13.0. The summed E-state index contributed by atoms with van der Waals surface area (Å²) >= 11 is 0. The minimum absolute atomic E-state index is 0.0761. The molecule has 9 heteroatoms. The van der Waals surface area contributed by atoms with E-state index in [0.717, 1.165) is 5.56 Å². The lowest BCUT2D eigenvalue weighted by Crippen LogP contribution is -2.46. The second-order valence-corrected chi connectivity index (χ2v) is 9.56. The Hall–Kier alpha value is -3.17. The van der Waals surface area contributed by atoms with Crippen molar-refractivity contribution < 1.29 is 33.6 Å². The number of hydrogen-bond acceptors (Lipinski definition) is 8. The van der Waals surface area contributed by atoms with Crippen molar-refractivity contribution in [3.8, 4) is 11.5 Å². The predicted molar refractivity (Wildman–Crippen MR) is 133 cm³/mol. The number of nitrogens with one attached hydrogen (secondary N) is 1. The largest absolute Gasteiger partial charge is 0.503 e. The van der Waals surface area contributed by atoms with Gasteiger partial charge in [-0.1, -0.05) is 43.7 Å². The van der Waals surface area contributed by atoms with Gasteiger partial charge in [-0.15, -0.1) is 0 Å². The number of rotatable bonds is 8. The van der Waals surface area contributed by atoms with Gasteiger partial charge in [0.1, 0.15) is 6.10 Å². The molecule has 0 saturated carbocycles. The molecule has 9 nitrogen and oxygen atoms in total. The molecule has 0 aliphatic carbocycles. The quantitative estimate of drug-likeness (QED) is 0.532. The fourth-order valence-corrected chi connectivity index (χ4v) is 4.09. The lowest BCUT2D eigenvalue weighted by molar-refractivity contribution is -0.160. The lowest BCUT2D eigenvalue weighted by atomic mass is 9.91. The first kappa shape index (κ1) is 27.4. The Kier molecular flexibility index (Phi) is 9.66. The summed E-state index contributed by atoms with van der Waals surface area (Å²) in [6, 6.07) is 8.62. The molecule has 1 aromatic carbocycles. The van der Waals surface area contributed by atoms with E-state index in [1.165, 1.54) is 24.9 Å². The second kappa shape index (κ2) is 12.7. The van der Waals surface area contributed by atoms with Gasteiger partial charge in [-0.2, -0.15) is 0 Å². The van der Waals surface area contributed by atoms with Crippen molar-refractivity contribution in [2.45, 2.75) is 52.4 Å². The highest BCUT2D eigenvalue weighted by atomic mass is 16.6. The number of esters is 1. The van der Waals surface area contributed by atoms with Gasteiger partial charge in [-0.3, -0.25) is 4.79 Å². The molecule has 1 aromatic heterocycles. The van der Waals surface area contributed by atoms with Crippen molar-refractivity contribution in [3.05, 3.63) is 53.3 Å². The molecule has 0 radical (unpaired) electrons. The molecular weight excluding hydrogens is 464 g/mol. The van der Waals surface area contributed by atoms with E-state index in [-0.39, 0.29) is 24.0 Å². The molecule has 1 aliphatic rings.